The van der Waals surface area contributed by atoms with Crippen molar-refractivity contribution in [2.45, 2.75) is 58.8 Å². The lowest BCUT2D eigenvalue weighted by molar-refractivity contribution is -0.137. The highest BCUT2D eigenvalue weighted by atomic mass is 16.4. The molecule has 1 rings (SSSR count). The Hall–Kier alpha value is -1.84. The van der Waals surface area contributed by atoms with Crippen LogP contribution in [0.3, 0.4) is 0 Å². The number of rotatable bonds is 10. The van der Waals surface area contributed by atoms with E-state index in [0.29, 0.717) is 13.0 Å². The lowest BCUT2D eigenvalue weighted by atomic mass is 10.0. The number of carboxylic acids is 1. The summed E-state index contributed by atoms with van der Waals surface area (Å²) in [6.07, 6.45) is 5.03. The molecule has 0 saturated carbocycles. The lowest BCUT2D eigenvalue weighted by Crippen LogP contribution is -2.24. The first-order valence-electron chi connectivity index (χ1n) is 8.03. The van der Waals surface area contributed by atoms with E-state index in [4.69, 9.17) is 5.11 Å². The summed E-state index contributed by atoms with van der Waals surface area (Å²) < 4.78 is 0. The highest BCUT2D eigenvalue weighted by Gasteiger charge is 2.03. The number of carboxylic acid groups (broad SMARTS) is 1. The number of hydrogen-bond donors (Lipinski definition) is 2. The van der Waals surface area contributed by atoms with Crippen LogP contribution in [-0.2, 0) is 16.0 Å². The summed E-state index contributed by atoms with van der Waals surface area (Å²) in [5, 5.41) is 11.4. The quantitative estimate of drug-likeness (QED) is 0.651. The molecule has 0 aliphatic rings. The average Bonchev–Trinajstić information content (AvgIpc) is 2.42. The number of benzene rings is 1. The normalized spacial score (nSPS) is 10.5. The molecule has 1 aromatic rings. The van der Waals surface area contributed by atoms with Gasteiger partial charge in [-0.15, -0.1) is 0 Å². The molecular formula is C18H27NO3. The van der Waals surface area contributed by atoms with Crippen molar-refractivity contribution in [3.63, 3.8) is 0 Å². The minimum atomic E-state index is -0.736. The zero-order valence-electron chi connectivity index (χ0n) is 13.7. The zero-order valence-corrected chi connectivity index (χ0v) is 13.7. The van der Waals surface area contributed by atoms with Crippen molar-refractivity contribution in [3.8, 4) is 0 Å². The highest BCUT2D eigenvalue weighted by molar-refractivity contribution is 5.76. The number of amides is 1. The molecule has 1 aromatic carbocycles. The summed E-state index contributed by atoms with van der Waals surface area (Å²) >= 11 is 0. The Bertz CT molecular complexity index is 477. The number of nitrogens with one attached hydrogen (secondary N) is 1. The van der Waals surface area contributed by atoms with Crippen molar-refractivity contribution < 1.29 is 14.7 Å². The van der Waals surface area contributed by atoms with E-state index in [0.717, 1.165) is 32.1 Å². The van der Waals surface area contributed by atoms with Gasteiger partial charge in [-0.3, -0.25) is 9.59 Å². The molecule has 4 nitrogen and oxygen atoms in total. The van der Waals surface area contributed by atoms with Crippen LogP contribution in [0.4, 0.5) is 0 Å². The molecule has 0 spiro atoms. The fraction of sp³-hybridized carbons (Fsp3) is 0.556. The van der Waals surface area contributed by atoms with E-state index >= 15 is 0 Å². The summed E-state index contributed by atoms with van der Waals surface area (Å²) in [5.41, 5.74) is 3.68. The number of aryl methyl sites for hydroxylation is 3. The molecule has 0 bridgehead atoms. The third-order valence-corrected chi connectivity index (χ3v) is 3.56. The monoisotopic (exact) mass is 305 g/mol. The molecule has 0 heterocycles. The van der Waals surface area contributed by atoms with E-state index in [-0.39, 0.29) is 12.3 Å². The zero-order chi connectivity index (χ0) is 16.4. The Morgan fingerprint density at radius 3 is 2.23 bits per heavy atom. The van der Waals surface area contributed by atoms with Crippen LogP contribution in [-0.4, -0.2) is 23.5 Å². The highest BCUT2D eigenvalue weighted by Crippen LogP contribution is 2.10. The summed E-state index contributed by atoms with van der Waals surface area (Å²) in [4.78, 5) is 22.1. The summed E-state index contributed by atoms with van der Waals surface area (Å²) in [7, 11) is 0. The van der Waals surface area contributed by atoms with Gasteiger partial charge >= 0.3 is 5.97 Å². The van der Waals surface area contributed by atoms with Gasteiger partial charge in [-0.1, -0.05) is 42.2 Å². The van der Waals surface area contributed by atoms with Gasteiger partial charge < -0.3 is 10.4 Å². The van der Waals surface area contributed by atoms with E-state index in [9.17, 15) is 9.59 Å². The Balaban J connectivity index is 2.10. The first-order chi connectivity index (χ1) is 10.5. The Morgan fingerprint density at radius 1 is 0.955 bits per heavy atom. The topological polar surface area (TPSA) is 66.4 Å². The summed E-state index contributed by atoms with van der Waals surface area (Å²) in [5.74, 6) is -0.649. The third kappa shape index (κ3) is 8.45. The van der Waals surface area contributed by atoms with E-state index in [2.05, 4.69) is 37.4 Å². The molecule has 0 unspecified atom stereocenters. The molecule has 0 fully saturated rings. The molecule has 0 atom stereocenters. The van der Waals surface area contributed by atoms with Crippen LogP contribution in [0.5, 0.6) is 0 Å². The first-order valence-corrected chi connectivity index (χ1v) is 8.03. The van der Waals surface area contributed by atoms with Crippen LogP contribution < -0.4 is 5.32 Å². The second-order valence-corrected chi connectivity index (χ2v) is 5.90. The number of carbonyl (C=O) groups is 2. The van der Waals surface area contributed by atoms with Gasteiger partial charge in [-0.05, 0) is 38.7 Å². The first kappa shape index (κ1) is 18.2. The van der Waals surface area contributed by atoms with Crippen LogP contribution in [0.25, 0.3) is 0 Å². The van der Waals surface area contributed by atoms with Crippen LogP contribution >= 0.6 is 0 Å². The maximum Gasteiger partial charge on any atom is 0.303 e. The standard InChI is InChI=1S/C18H27NO3/c1-14-11-15(2)13-16(12-14)8-9-17(20)19-10-6-4-3-5-7-18(21)22/h11-13H,3-10H2,1-2H3,(H,19,20)(H,21,22). The molecule has 22 heavy (non-hydrogen) atoms. The van der Waals surface area contributed by atoms with Crippen molar-refractivity contribution in [1.82, 2.24) is 5.32 Å². The minimum absolute atomic E-state index is 0.0877. The minimum Gasteiger partial charge on any atom is -0.481 e. The Labute approximate surface area is 132 Å². The number of aliphatic carboxylic acids is 1. The Kier molecular flexibility index (Phi) is 8.26. The van der Waals surface area contributed by atoms with Crippen LogP contribution in [0.15, 0.2) is 18.2 Å². The van der Waals surface area contributed by atoms with E-state index in [1.54, 1.807) is 0 Å². The van der Waals surface area contributed by atoms with Crippen molar-refractivity contribution in [2.24, 2.45) is 0 Å². The van der Waals surface area contributed by atoms with Gasteiger partial charge in [0.2, 0.25) is 5.91 Å². The molecule has 122 valence electrons. The summed E-state index contributed by atoms with van der Waals surface area (Å²) in [6.45, 7) is 4.82. The van der Waals surface area contributed by atoms with E-state index in [1.807, 2.05) is 0 Å². The van der Waals surface area contributed by atoms with Gasteiger partial charge in [0.1, 0.15) is 0 Å². The van der Waals surface area contributed by atoms with E-state index in [1.165, 1.54) is 16.7 Å². The third-order valence-electron chi connectivity index (χ3n) is 3.56. The largest absolute Gasteiger partial charge is 0.481 e. The number of unbranched alkanes of at least 4 members (excludes halogenated alkanes) is 3. The smallest absolute Gasteiger partial charge is 0.303 e. The lowest BCUT2D eigenvalue weighted by Gasteiger charge is -2.07. The second kappa shape index (κ2) is 9.98. The van der Waals surface area contributed by atoms with Gasteiger partial charge in [0.05, 0.1) is 0 Å². The van der Waals surface area contributed by atoms with Crippen LogP contribution in [0.2, 0.25) is 0 Å². The van der Waals surface area contributed by atoms with E-state index < -0.39 is 5.97 Å². The molecule has 0 aliphatic carbocycles. The number of hydrogen-bond acceptors (Lipinski definition) is 2. The fourth-order valence-electron chi connectivity index (χ4n) is 2.54. The molecule has 0 aliphatic heterocycles. The SMILES string of the molecule is Cc1cc(C)cc(CCC(=O)NCCCCCCC(=O)O)c1. The Morgan fingerprint density at radius 2 is 1.59 bits per heavy atom. The molecule has 1 amide bonds. The molecule has 2 N–H and O–H groups in total. The van der Waals surface area contributed by atoms with Crippen molar-refractivity contribution >= 4 is 11.9 Å². The van der Waals surface area contributed by atoms with Crippen LogP contribution in [0.1, 0.15) is 55.2 Å². The molecular weight excluding hydrogens is 278 g/mol. The van der Waals surface area contributed by atoms with Gasteiger partial charge in [0.15, 0.2) is 0 Å². The van der Waals surface area contributed by atoms with Crippen molar-refractivity contribution in [1.29, 1.82) is 0 Å². The van der Waals surface area contributed by atoms with Crippen molar-refractivity contribution in [2.75, 3.05) is 6.54 Å². The van der Waals surface area contributed by atoms with Gasteiger partial charge in [-0.2, -0.15) is 0 Å². The van der Waals surface area contributed by atoms with Gasteiger partial charge in [-0.25, -0.2) is 0 Å². The fourth-order valence-corrected chi connectivity index (χ4v) is 2.54. The second-order valence-electron chi connectivity index (χ2n) is 5.90. The van der Waals surface area contributed by atoms with Crippen molar-refractivity contribution in [3.05, 3.63) is 34.9 Å². The summed E-state index contributed by atoms with van der Waals surface area (Å²) in [6, 6.07) is 6.39. The molecule has 0 aromatic heterocycles. The van der Waals surface area contributed by atoms with Crippen LogP contribution in [0, 0.1) is 13.8 Å². The number of carbonyl (C=O) groups excluding carboxylic acids is 1. The molecule has 0 radical (unpaired) electrons. The molecule has 0 saturated heterocycles. The maximum absolute atomic E-state index is 11.8. The maximum atomic E-state index is 11.8. The van der Waals surface area contributed by atoms with Gasteiger partial charge in [0.25, 0.3) is 0 Å². The predicted octanol–water partition coefficient (Wildman–Crippen LogP) is 3.39. The molecule has 4 heteroatoms. The van der Waals surface area contributed by atoms with Gasteiger partial charge in [0, 0.05) is 19.4 Å². The predicted molar refractivity (Wildman–Crippen MR) is 88.0 cm³/mol. The average molecular weight is 305 g/mol.